The molecule has 0 aliphatic rings. The molecule has 1 aromatic carbocycles. The lowest BCUT2D eigenvalue weighted by Gasteiger charge is -2.13. The van der Waals surface area contributed by atoms with E-state index in [4.69, 9.17) is 67.8 Å². The van der Waals surface area contributed by atoms with Crippen molar-refractivity contribution < 1.29 is 9.84 Å². The summed E-state index contributed by atoms with van der Waals surface area (Å²) < 4.78 is 5.27. The third-order valence-electron chi connectivity index (χ3n) is 1.72. The van der Waals surface area contributed by atoms with Gasteiger partial charge in [0.1, 0.15) is 10.0 Å². The van der Waals surface area contributed by atoms with E-state index >= 15 is 0 Å². The predicted molar refractivity (Wildman–Crippen MR) is 68.7 cm³/mol. The van der Waals surface area contributed by atoms with E-state index in [2.05, 4.69) is 0 Å². The highest BCUT2D eigenvalue weighted by atomic mass is 35.5. The van der Waals surface area contributed by atoms with Gasteiger partial charge in [-0.15, -0.1) is 0 Å². The molecule has 0 saturated carbocycles. The maximum Gasteiger partial charge on any atom is 0.159 e. The quantitative estimate of drug-likeness (QED) is 0.493. The Bertz CT molecular complexity index is 365. The van der Waals surface area contributed by atoms with Crippen LogP contribution in [0.2, 0.25) is 25.1 Å². The van der Waals surface area contributed by atoms with E-state index in [0.29, 0.717) is 6.42 Å². The minimum absolute atomic E-state index is 0.00426. The molecule has 0 aromatic heterocycles. The van der Waals surface area contributed by atoms with Gasteiger partial charge in [-0.05, 0) is 0 Å². The molecule has 0 heterocycles. The largest absolute Gasteiger partial charge is 0.490 e. The second-order valence-corrected chi connectivity index (χ2v) is 4.71. The highest BCUT2D eigenvalue weighted by Gasteiger charge is 2.20. The summed E-state index contributed by atoms with van der Waals surface area (Å²) in [5, 5.41) is 9.12. The molecular weight excluding hydrogens is 317 g/mol. The fourth-order valence-corrected chi connectivity index (χ4v) is 2.18. The van der Waals surface area contributed by atoms with Gasteiger partial charge in [-0.3, -0.25) is 0 Å². The van der Waals surface area contributed by atoms with E-state index in [9.17, 15) is 0 Å². The SMILES string of the molecule is OCCCOc1c(Cl)c(Cl)c(Cl)c(Cl)c1Cl. The van der Waals surface area contributed by atoms with Gasteiger partial charge in [0.05, 0.1) is 21.7 Å². The van der Waals surface area contributed by atoms with Crippen molar-refractivity contribution in [3.05, 3.63) is 25.1 Å². The molecule has 0 atom stereocenters. The van der Waals surface area contributed by atoms with Crippen LogP contribution in [0.4, 0.5) is 0 Å². The van der Waals surface area contributed by atoms with Crippen LogP contribution in [0.25, 0.3) is 0 Å². The molecule has 0 radical (unpaired) electrons. The molecule has 0 aliphatic carbocycles. The highest BCUT2D eigenvalue weighted by Crippen LogP contribution is 2.48. The minimum Gasteiger partial charge on any atom is -0.490 e. The number of aliphatic hydroxyl groups excluding tert-OH is 1. The van der Waals surface area contributed by atoms with Gasteiger partial charge in [-0.1, -0.05) is 58.0 Å². The first-order valence-electron chi connectivity index (χ1n) is 4.25. The molecule has 1 rings (SSSR count). The minimum atomic E-state index is 0.00426. The summed E-state index contributed by atoms with van der Waals surface area (Å²) in [4.78, 5) is 0. The molecule has 0 unspecified atom stereocenters. The van der Waals surface area contributed by atoms with Crippen LogP contribution in [-0.2, 0) is 0 Å². The Morgan fingerprint density at radius 2 is 1.25 bits per heavy atom. The van der Waals surface area contributed by atoms with Gasteiger partial charge < -0.3 is 9.84 Å². The van der Waals surface area contributed by atoms with Crippen LogP contribution < -0.4 is 4.74 Å². The first kappa shape index (κ1) is 14.5. The van der Waals surface area contributed by atoms with Gasteiger partial charge in [0.2, 0.25) is 0 Å². The fraction of sp³-hybridized carbons (Fsp3) is 0.333. The van der Waals surface area contributed by atoms with Crippen molar-refractivity contribution >= 4 is 58.0 Å². The number of hydrogen-bond acceptors (Lipinski definition) is 2. The number of benzene rings is 1. The second-order valence-electron chi connectivity index (χ2n) is 2.82. The molecule has 1 N–H and O–H groups in total. The number of hydrogen-bond donors (Lipinski definition) is 1. The molecular formula is C9H7Cl5O2. The predicted octanol–water partition coefficient (Wildman–Crippen LogP) is 4.71. The summed E-state index contributed by atoms with van der Waals surface area (Å²) in [6.07, 6.45) is 0.449. The molecule has 0 saturated heterocycles. The smallest absolute Gasteiger partial charge is 0.159 e. The van der Waals surface area contributed by atoms with Crippen molar-refractivity contribution in [3.63, 3.8) is 0 Å². The molecule has 0 aliphatic heterocycles. The first-order valence-corrected chi connectivity index (χ1v) is 6.14. The number of aliphatic hydroxyl groups is 1. The first-order chi connectivity index (χ1) is 7.50. The third kappa shape index (κ3) is 3.00. The molecule has 7 heteroatoms. The molecule has 2 nitrogen and oxygen atoms in total. The van der Waals surface area contributed by atoms with Gasteiger partial charge in [0.25, 0.3) is 0 Å². The maximum absolute atomic E-state index is 8.62. The highest BCUT2D eigenvalue weighted by molar-refractivity contribution is 6.55. The Morgan fingerprint density at radius 3 is 1.69 bits per heavy atom. The topological polar surface area (TPSA) is 29.5 Å². The summed E-state index contributed by atoms with van der Waals surface area (Å²) in [7, 11) is 0. The van der Waals surface area contributed by atoms with Crippen LogP contribution in [0.3, 0.4) is 0 Å². The lowest BCUT2D eigenvalue weighted by molar-refractivity contribution is 0.234. The lowest BCUT2D eigenvalue weighted by Crippen LogP contribution is -2.01. The summed E-state index contributed by atoms with van der Waals surface area (Å²) in [6, 6.07) is 0. The van der Waals surface area contributed by atoms with Crippen molar-refractivity contribution in [2.45, 2.75) is 6.42 Å². The normalized spacial score (nSPS) is 10.6. The molecule has 0 amide bonds. The van der Waals surface area contributed by atoms with Crippen molar-refractivity contribution in [1.29, 1.82) is 0 Å². The number of rotatable bonds is 4. The van der Waals surface area contributed by atoms with E-state index in [1.165, 1.54) is 0 Å². The Balaban J connectivity index is 3.08. The van der Waals surface area contributed by atoms with Crippen molar-refractivity contribution in [2.75, 3.05) is 13.2 Å². The van der Waals surface area contributed by atoms with Gasteiger partial charge >= 0.3 is 0 Å². The zero-order chi connectivity index (χ0) is 12.3. The van der Waals surface area contributed by atoms with E-state index in [1.54, 1.807) is 0 Å². The Morgan fingerprint density at radius 1 is 0.812 bits per heavy atom. The third-order valence-corrected chi connectivity index (χ3v) is 3.96. The maximum atomic E-state index is 8.62. The Kier molecular flexibility index (Phi) is 5.78. The molecule has 90 valence electrons. The van der Waals surface area contributed by atoms with Crippen molar-refractivity contribution in [3.8, 4) is 5.75 Å². The molecule has 0 spiro atoms. The van der Waals surface area contributed by atoms with Crippen LogP contribution in [-0.4, -0.2) is 18.3 Å². The Hall–Kier alpha value is 0.430. The monoisotopic (exact) mass is 322 g/mol. The average Bonchev–Trinajstić information content (AvgIpc) is 2.28. The number of ether oxygens (including phenoxy) is 1. The second kappa shape index (κ2) is 6.39. The van der Waals surface area contributed by atoms with Crippen LogP contribution in [0.1, 0.15) is 6.42 Å². The summed E-state index contributed by atoms with van der Waals surface area (Å²) in [6.45, 7) is 0.258. The molecule has 16 heavy (non-hydrogen) atoms. The van der Waals surface area contributed by atoms with E-state index in [0.717, 1.165) is 0 Å². The standard InChI is InChI=1S/C9H7Cl5O2/c10-4-5(11)7(13)9(8(14)6(4)12)16-3-1-2-15/h15H,1-3H2. The van der Waals surface area contributed by atoms with Crippen LogP contribution in [0, 0.1) is 0 Å². The van der Waals surface area contributed by atoms with Crippen LogP contribution in [0.5, 0.6) is 5.75 Å². The zero-order valence-corrected chi connectivity index (χ0v) is 11.6. The van der Waals surface area contributed by atoms with Crippen LogP contribution in [0.15, 0.2) is 0 Å². The zero-order valence-electron chi connectivity index (χ0n) is 7.87. The van der Waals surface area contributed by atoms with Crippen LogP contribution >= 0.6 is 58.0 Å². The lowest BCUT2D eigenvalue weighted by atomic mass is 10.3. The van der Waals surface area contributed by atoms with Gasteiger partial charge in [-0.25, -0.2) is 0 Å². The van der Waals surface area contributed by atoms with Gasteiger partial charge in [0, 0.05) is 13.0 Å². The summed E-state index contributed by atoms with van der Waals surface area (Å²) in [5.41, 5.74) is 0. The van der Waals surface area contributed by atoms with Gasteiger partial charge in [0.15, 0.2) is 5.75 Å². The molecule has 0 fully saturated rings. The van der Waals surface area contributed by atoms with E-state index in [-0.39, 0.29) is 44.1 Å². The number of halogens is 5. The fourth-order valence-electron chi connectivity index (χ4n) is 0.950. The molecule has 1 aromatic rings. The van der Waals surface area contributed by atoms with Crippen molar-refractivity contribution in [1.82, 2.24) is 0 Å². The van der Waals surface area contributed by atoms with E-state index < -0.39 is 0 Å². The summed E-state index contributed by atoms with van der Waals surface area (Å²) >= 11 is 29.3. The summed E-state index contributed by atoms with van der Waals surface area (Å²) in [5.74, 6) is 0.177. The van der Waals surface area contributed by atoms with E-state index in [1.807, 2.05) is 0 Å². The van der Waals surface area contributed by atoms with Gasteiger partial charge in [-0.2, -0.15) is 0 Å². The van der Waals surface area contributed by atoms with Crippen molar-refractivity contribution in [2.24, 2.45) is 0 Å². The average molecular weight is 324 g/mol. The Labute approximate surface area is 118 Å². The molecule has 0 bridgehead atoms.